The van der Waals surface area contributed by atoms with Crippen LogP contribution >= 0.6 is 0 Å². The maximum atomic E-state index is 13.3. The Kier molecular flexibility index (Phi) is 3.69. The van der Waals surface area contributed by atoms with Crippen molar-refractivity contribution in [3.8, 4) is 0 Å². The first-order chi connectivity index (χ1) is 12.9. The number of carbonyl (C=O) groups is 2. The van der Waals surface area contributed by atoms with Gasteiger partial charge in [-0.1, -0.05) is 12.1 Å². The molecule has 4 unspecified atom stereocenters. The Hall–Kier alpha value is -1.91. The molecule has 1 aromatic carbocycles. The fourth-order valence-electron chi connectivity index (χ4n) is 6.80. The molecule has 2 N–H and O–H groups in total. The van der Waals surface area contributed by atoms with Gasteiger partial charge in [-0.25, -0.2) is 4.39 Å². The van der Waals surface area contributed by atoms with Gasteiger partial charge in [0.25, 0.3) is 0 Å². The van der Waals surface area contributed by atoms with Crippen LogP contribution in [-0.2, 0) is 9.59 Å². The summed E-state index contributed by atoms with van der Waals surface area (Å²) in [6.07, 6.45) is 6.90. The lowest BCUT2D eigenvalue weighted by Gasteiger charge is -2.61. The Morgan fingerprint density at radius 1 is 1.04 bits per heavy atom. The Balaban J connectivity index is 1.30. The van der Waals surface area contributed by atoms with Crippen molar-refractivity contribution in [1.29, 1.82) is 0 Å². The zero-order valence-electron chi connectivity index (χ0n) is 15.8. The second kappa shape index (κ2) is 5.79. The smallest absolute Gasteiger partial charge is 0.226 e. The number of hydrogen-bond donors (Lipinski definition) is 2. The van der Waals surface area contributed by atoms with E-state index >= 15 is 0 Å². The third-order valence-corrected chi connectivity index (χ3v) is 7.39. The highest BCUT2D eigenvalue weighted by atomic mass is 19.1. The van der Waals surface area contributed by atoms with Gasteiger partial charge < -0.3 is 10.6 Å². The largest absolute Gasteiger partial charge is 0.352 e. The summed E-state index contributed by atoms with van der Waals surface area (Å²) in [5.74, 6) is 1.38. The van der Waals surface area contributed by atoms with E-state index in [4.69, 9.17) is 0 Å². The second-order valence-electron chi connectivity index (χ2n) is 9.68. The molecule has 5 saturated carbocycles. The molecule has 6 rings (SSSR count). The summed E-state index contributed by atoms with van der Waals surface area (Å²) in [6, 6.07) is 6.78. The molecule has 0 heterocycles. The molecule has 0 radical (unpaired) electrons. The Morgan fingerprint density at radius 2 is 1.70 bits per heavy atom. The summed E-state index contributed by atoms with van der Waals surface area (Å²) in [4.78, 5) is 25.1. The van der Waals surface area contributed by atoms with Crippen LogP contribution in [0.1, 0.15) is 63.4 Å². The third-order valence-electron chi connectivity index (χ3n) is 7.39. The molecule has 5 aliphatic rings. The van der Waals surface area contributed by atoms with E-state index in [-0.39, 0.29) is 34.6 Å². The minimum atomic E-state index is -0.317. The van der Waals surface area contributed by atoms with E-state index in [9.17, 15) is 14.0 Å². The normalized spacial score (nSPS) is 41.3. The van der Waals surface area contributed by atoms with Crippen LogP contribution in [0.25, 0.3) is 0 Å². The van der Waals surface area contributed by atoms with Crippen LogP contribution in [-0.4, -0.2) is 23.4 Å². The monoisotopic (exact) mass is 370 g/mol. The van der Waals surface area contributed by atoms with E-state index in [1.54, 1.807) is 6.92 Å². The van der Waals surface area contributed by atoms with Crippen molar-refractivity contribution in [2.24, 2.45) is 17.3 Å². The molecule has 144 valence electrons. The summed E-state index contributed by atoms with van der Waals surface area (Å²) in [5, 5.41) is 6.52. The van der Waals surface area contributed by atoms with Crippen molar-refractivity contribution in [3.63, 3.8) is 0 Å². The average Bonchev–Trinajstić information content (AvgIpc) is 3.32. The van der Waals surface area contributed by atoms with Gasteiger partial charge in [0.1, 0.15) is 5.82 Å². The summed E-state index contributed by atoms with van der Waals surface area (Å²) in [6.45, 7) is 1.59. The predicted octanol–water partition coefficient (Wildman–Crippen LogP) is 3.27. The summed E-state index contributed by atoms with van der Waals surface area (Å²) in [7, 11) is 0. The molecule has 5 fully saturated rings. The number of nitrogens with one attached hydrogen (secondary N) is 2. The zero-order valence-corrected chi connectivity index (χ0v) is 15.8. The van der Waals surface area contributed by atoms with Gasteiger partial charge in [-0.2, -0.15) is 0 Å². The van der Waals surface area contributed by atoms with E-state index in [1.165, 1.54) is 18.6 Å². The Labute approximate surface area is 159 Å². The number of carbonyl (C=O) groups excluding carboxylic acids is 2. The van der Waals surface area contributed by atoms with E-state index in [0.29, 0.717) is 17.8 Å². The maximum Gasteiger partial charge on any atom is 0.226 e. The van der Waals surface area contributed by atoms with Crippen LogP contribution < -0.4 is 10.6 Å². The molecular formula is C22H27FN2O2. The Bertz CT molecular complexity index is 776. The first-order valence-electron chi connectivity index (χ1n) is 10.2. The molecule has 1 aromatic rings. The topological polar surface area (TPSA) is 58.2 Å². The van der Waals surface area contributed by atoms with Crippen LogP contribution in [0.2, 0.25) is 0 Å². The van der Waals surface area contributed by atoms with E-state index in [2.05, 4.69) is 10.6 Å². The van der Waals surface area contributed by atoms with Crippen LogP contribution in [0, 0.1) is 23.1 Å². The zero-order chi connectivity index (χ0) is 18.8. The van der Waals surface area contributed by atoms with Crippen molar-refractivity contribution >= 4 is 11.8 Å². The highest BCUT2D eigenvalue weighted by molar-refractivity contribution is 5.84. The van der Waals surface area contributed by atoms with Gasteiger partial charge in [-0.05, 0) is 74.5 Å². The minimum Gasteiger partial charge on any atom is -0.352 e. The molecule has 27 heavy (non-hydrogen) atoms. The van der Waals surface area contributed by atoms with Crippen molar-refractivity contribution in [3.05, 3.63) is 35.6 Å². The lowest BCUT2D eigenvalue weighted by Crippen LogP contribution is -2.65. The lowest BCUT2D eigenvalue weighted by molar-refractivity contribution is -0.153. The molecule has 0 saturated heterocycles. The second-order valence-corrected chi connectivity index (χ2v) is 9.68. The molecule has 5 aliphatic carbocycles. The van der Waals surface area contributed by atoms with Crippen molar-refractivity contribution in [2.45, 2.75) is 69.4 Å². The summed E-state index contributed by atoms with van der Waals surface area (Å²) in [5.41, 5.74) is 0.609. The molecule has 4 atom stereocenters. The number of halogens is 1. The Morgan fingerprint density at radius 3 is 2.33 bits per heavy atom. The molecule has 5 heteroatoms. The van der Waals surface area contributed by atoms with Crippen molar-refractivity contribution < 1.29 is 14.0 Å². The molecule has 0 spiro atoms. The van der Waals surface area contributed by atoms with Gasteiger partial charge in [0.2, 0.25) is 11.8 Å². The lowest BCUT2D eigenvalue weighted by atomic mass is 9.46. The highest BCUT2D eigenvalue weighted by Gasteiger charge is 2.61. The SMILES string of the molecule is CC(=O)NC12CC3CC(C1)CC(C(=O)NC1CC1c1ccc(F)cc1)(C3)C2. The number of rotatable bonds is 4. The van der Waals surface area contributed by atoms with Gasteiger partial charge in [0.15, 0.2) is 0 Å². The summed E-state index contributed by atoms with van der Waals surface area (Å²) < 4.78 is 13.1. The van der Waals surface area contributed by atoms with Gasteiger partial charge in [0, 0.05) is 24.4 Å². The third kappa shape index (κ3) is 2.95. The fourth-order valence-corrected chi connectivity index (χ4v) is 6.80. The van der Waals surface area contributed by atoms with E-state index in [0.717, 1.165) is 44.1 Å². The van der Waals surface area contributed by atoms with Gasteiger partial charge in [0.05, 0.1) is 5.41 Å². The molecule has 2 amide bonds. The quantitative estimate of drug-likeness (QED) is 0.855. The number of hydrogen-bond acceptors (Lipinski definition) is 2. The van der Waals surface area contributed by atoms with Crippen LogP contribution in [0.4, 0.5) is 4.39 Å². The summed E-state index contributed by atoms with van der Waals surface area (Å²) >= 11 is 0. The molecule has 0 aliphatic heterocycles. The molecular weight excluding hydrogens is 343 g/mol. The van der Waals surface area contributed by atoms with Gasteiger partial charge >= 0.3 is 0 Å². The predicted molar refractivity (Wildman–Crippen MR) is 99.4 cm³/mol. The first-order valence-corrected chi connectivity index (χ1v) is 10.2. The molecule has 4 bridgehead atoms. The van der Waals surface area contributed by atoms with Crippen molar-refractivity contribution in [1.82, 2.24) is 10.6 Å². The van der Waals surface area contributed by atoms with Crippen molar-refractivity contribution in [2.75, 3.05) is 0 Å². The standard InChI is InChI=1S/C22H27FN2O2/c1-13(26)25-22-10-14-6-15(11-22)9-21(8-14,12-22)20(27)24-19-7-18(19)16-2-4-17(23)5-3-16/h2-5,14-15,18-19H,6-12H2,1H3,(H,24,27)(H,25,26). The maximum absolute atomic E-state index is 13.3. The fraction of sp³-hybridized carbons (Fsp3) is 0.636. The van der Waals surface area contributed by atoms with E-state index < -0.39 is 0 Å². The number of amides is 2. The average molecular weight is 370 g/mol. The number of benzene rings is 1. The minimum absolute atomic E-state index is 0.0195. The van der Waals surface area contributed by atoms with E-state index in [1.807, 2.05) is 12.1 Å². The van der Waals surface area contributed by atoms with Crippen LogP contribution in [0.5, 0.6) is 0 Å². The first kappa shape index (κ1) is 17.2. The van der Waals surface area contributed by atoms with Crippen LogP contribution in [0.15, 0.2) is 24.3 Å². The van der Waals surface area contributed by atoms with Gasteiger partial charge in [-0.15, -0.1) is 0 Å². The molecule has 4 nitrogen and oxygen atoms in total. The van der Waals surface area contributed by atoms with Gasteiger partial charge in [-0.3, -0.25) is 9.59 Å². The van der Waals surface area contributed by atoms with Crippen LogP contribution in [0.3, 0.4) is 0 Å². The highest BCUT2D eigenvalue weighted by Crippen LogP contribution is 2.62. The molecule has 0 aromatic heterocycles.